The minimum absolute atomic E-state index is 0.0341. The Morgan fingerprint density at radius 2 is 2.05 bits per heavy atom. The second-order valence-electron chi connectivity index (χ2n) is 3.29. The molecule has 1 aromatic rings. The van der Waals surface area contributed by atoms with Crippen LogP contribution in [-0.2, 0) is 12.3 Å². The summed E-state index contributed by atoms with van der Waals surface area (Å²) in [6, 6.07) is 2.39. The van der Waals surface area contributed by atoms with Crippen molar-refractivity contribution in [2.24, 2.45) is 0 Å². The van der Waals surface area contributed by atoms with Crippen LogP contribution in [0.2, 0.25) is 0 Å². The predicted molar refractivity (Wildman–Crippen MR) is 54.8 cm³/mol. The molecule has 0 fully saturated rings. The summed E-state index contributed by atoms with van der Waals surface area (Å²) in [5.41, 5.74) is -1.23. The Bertz CT molecular complexity index is 498. The molecule has 0 saturated carbocycles. The van der Waals surface area contributed by atoms with Gasteiger partial charge in [0.15, 0.2) is 5.75 Å². The normalized spacial score (nSPS) is 11.5. The van der Waals surface area contributed by atoms with Crippen molar-refractivity contribution >= 4 is 11.6 Å². The second kappa shape index (κ2) is 6.02. The van der Waals surface area contributed by atoms with Gasteiger partial charge in [-0.25, -0.2) is 13.8 Å². The predicted octanol–water partition coefficient (Wildman–Crippen LogP) is 3.72. The van der Waals surface area contributed by atoms with Crippen LogP contribution in [0.25, 0.3) is 0 Å². The molecule has 0 amide bonds. The number of ether oxygens (including phenoxy) is 1. The number of aromatic nitrogens is 1. The molecule has 0 aromatic carbocycles. The molecule has 0 aliphatic carbocycles. The summed E-state index contributed by atoms with van der Waals surface area (Å²) in [7, 11) is 0. The lowest BCUT2D eigenvalue weighted by atomic mass is 10.1. The third-order valence-electron chi connectivity index (χ3n) is 2.01. The van der Waals surface area contributed by atoms with Gasteiger partial charge in [0.2, 0.25) is 0 Å². The summed E-state index contributed by atoms with van der Waals surface area (Å²) in [6.45, 7) is 0. The summed E-state index contributed by atoms with van der Waals surface area (Å²) in [5, 5.41) is 8.49. The van der Waals surface area contributed by atoms with Gasteiger partial charge in [-0.15, -0.1) is 24.8 Å². The van der Waals surface area contributed by atoms with Crippen molar-refractivity contribution in [3.05, 3.63) is 23.0 Å². The maximum atomic E-state index is 12.6. The molecule has 9 heteroatoms. The molecule has 0 spiro atoms. The molecule has 19 heavy (non-hydrogen) atoms. The van der Waals surface area contributed by atoms with Crippen LogP contribution in [0.4, 0.5) is 22.0 Å². The van der Waals surface area contributed by atoms with Crippen molar-refractivity contribution in [2.45, 2.75) is 25.1 Å². The SMILES string of the molecule is N#CCc1nc(C(F)F)c(OC(F)(F)F)cc1CCl. The summed E-state index contributed by atoms with van der Waals surface area (Å²) in [4.78, 5) is 3.33. The third-order valence-corrected chi connectivity index (χ3v) is 2.29. The van der Waals surface area contributed by atoms with Crippen molar-refractivity contribution in [2.75, 3.05) is 0 Å². The Morgan fingerprint density at radius 3 is 2.47 bits per heavy atom. The monoisotopic (exact) mass is 300 g/mol. The van der Waals surface area contributed by atoms with Gasteiger partial charge < -0.3 is 4.74 Å². The molecular weight excluding hydrogens is 295 g/mol. The van der Waals surface area contributed by atoms with Crippen LogP contribution >= 0.6 is 11.6 Å². The van der Waals surface area contributed by atoms with E-state index < -0.39 is 24.2 Å². The Hall–Kier alpha value is -1.62. The first-order valence-corrected chi connectivity index (χ1v) is 5.31. The summed E-state index contributed by atoms with van der Waals surface area (Å²) in [5.74, 6) is -1.39. The maximum Gasteiger partial charge on any atom is 0.573 e. The standard InChI is InChI=1S/C10H6ClF5N2O/c11-4-5-3-7(19-10(14,15)16)8(9(12)13)18-6(5)1-2-17/h3,9H,1,4H2. The van der Waals surface area contributed by atoms with Crippen molar-refractivity contribution in [3.8, 4) is 11.8 Å². The van der Waals surface area contributed by atoms with Crippen LogP contribution in [0.1, 0.15) is 23.4 Å². The third kappa shape index (κ3) is 4.21. The van der Waals surface area contributed by atoms with E-state index in [4.69, 9.17) is 16.9 Å². The van der Waals surface area contributed by atoms with E-state index in [9.17, 15) is 22.0 Å². The highest BCUT2D eigenvalue weighted by atomic mass is 35.5. The zero-order chi connectivity index (χ0) is 14.6. The molecule has 0 bridgehead atoms. The van der Waals surface area contributed by atoms with E-state index in [1.165, 1.54) is 0 Å². The lowest BCUT2D eigenvalue weighted by Gasteiger charge is -2.15. The number of rotatable bonds is 4. The first-order valence-electron chi connectivity index (χ1n) is 4.78. The molecule has 104 valence electrons. The topological polar surface area (TPSA) is 45.9 Å². The Morgan fingerprint density at radius 1 is 1.42 bits per heavy atom. The first-order chi connectivity index (χ1) is 8.78. The van der Waals surface area contributed by atoms with E-state index in [2.05, 4.69) is 9.72 Å². The maximum absolute atomic E-state index is 12.6. The Labute approximate surface area is 109 Å². The van der Waals surface area contributed by atoms with Gasteiger partial charge in [0, 0.05) is 5.88 Å². The summed E-state index contributed by atoms with van der Waals surface area (Å²) in [6.07, 6.45) is -8.72. The number of pyridine rings is 1. The highest BCUT2D eigenvalue weighted by Gasteiger charge is 2.34. The molecule has 0 unspecified atom stereocenters. The molecule has 0 saturated heterocycles. The molecule has 1 rings (SSSR count). The van der Waals surface area contributed by atoms with Gasteiger partial charge in [-0.3, -0.25) is 0 Å². The number of hydrogen-bond donors (Lipinski definition) is 0. The smallest absolute Gasteiger partial charge is 0.404 e. The molecule has 0 atom stereocenters. The molecular formula is C10H6ClF5N2O. The fourth-order valence-electron chi connectivity index (χ4n) is 1.29. The number of alkyl halides is 6. The molecule has 0 radical (unpaired) electrons. The average molecular weight is 301 g/mol. The van der Waals surface area contributed by atoms with Gasteiger partial charge in [0.05, 0.1) is 18.2 Å². The minimum atomic E-state index is -5.12. The molecule has 0 N–H and O–H groups in total. The Balaban J connectivity index is 3.32. The van der Waals surface area contributed by atoms with Crippen LogP contribution in [0.15, 0.2) is 6.07 Å². The fraction of sp³-hybridized carbons (Fsp3) is 0.400. The quantitative estimate of drug-likeness (QED) is 0.629. The lowest BCUT2D eigenvalue weighted by Crippen LogP contribution is -2.19. The van der Waals surface area contributed by atoms with Crippen molar-refractivity contribution in [3.63, 3.8) is 0 Å². The number of nitrogens with zero attached hydrogens (tertiary/aromatic N) is 2. The van der Waals surface area contributed by atoms with Crippen molar-refractivity contribution in [1.82, 2.24) is 4.98 Å². The summed E-state index contributed by atoms with van der Waals surface area (Å²) < 4.78 is 65.0. The lowest BCUT2D eigenvalue weighted by molar-refractivity contribution is -0.275. The van der Waals surface area contributed by atoms with E-state index in [-0.39, 0.29) is 23.6 Å². The van der Waals surface area contributed by atoms with Crippen LogP contribution in [0.5, 0.6) is 5.75 Å². The molecule has 1 aromatic heterocycles. The minimum Gasteiger partial charge on any atom is -0.404 e. The largest absolute Gasteiger partial charge is 0.573 e. The van der Waals surface area contributed by atoms with Gasteiger partial charge >= 0.3 is 6.36 Å². The van der Waals surface area contributed by atoms with Gasteiger partial charge in [0.1, 0.15) is 5.69 Å². The zero-order valence-electron chi connectivity index (χ0n) is 9.14. The fourth-order valence-corrected chi connectivity index (χ4v) is 1.53. The van der Waals surface area contributed by atoms with E-state index in [0.717, 1.165) is 6.07 Å². The van der Waals surface area contributed by atoms with E-state index >= 15 is 0 Å². The van der Waals surface area contributed by atoms with Gasteiger partial charge in [-0.05, 0) is 11.6 Å². The van der Waals surface area contributed by atoms with Gasteiger partial charge in [-0.1, -0.05) is 0 Å². The highest BCUT2D eigenvalue weighted by molar-refractivity contribution is 6.17. The summed E-state index contributed by atoms with van der Waals surface area (Å²) >= 11 is 5.47. The molecule has 0 aliphatic heterocycles. The van der Waals surface area contributed by atoms with E-state index in [1.807, 2.05) is 0 Å². The zero-order valence-corrected chi connectivity index (χ0v) is 9.90. The van der Waals surface area contributed by atoms with Crippen LogP contribution in [0, 0.1) is 11.3 Å². The second-order valence-corrected chi connectivity index (χ2v) is 3.56. The average Bonchev–Trinajstić information content (AvgIpc) is 2.28. The Kier molecular flexibility index (Phi) is 4.89. The van der Waals surface area contributed by atoms with Crippen LogP contribution in [-0.4, -0.2) is 11.3 Å². The van der Waals surface area contributed by atoms with Crippen molar-refractivity contribution < 1.29 is 26.7 Å². The van der Waals surface area contributed by atoms with Crippen LogP contribution in [0.3, 0.4) is 0 Å². The molecule has 3 nitrogen and oxygen atoms in total. The number of hydrogen-bond acceptors (Lipinski definition) is 3. The van der Waals surface area contributed by atoms with E-state index in [0.29, 0.717) is 0 Å². The van der Waals surface area contributed by atoms with Crippen molar-refractivity contribution in [1.29, 1.82) is 5.26 Å². The number of halogens is 6. The molecule has 1 heterocycles. The first kappa shape index (κ1) is 15.4. The molecule has 0 aliphatic rings. The highest BCUT2D eigenvalue weighted by Crippen LogP contribution is 2.33. The van der Waals surface area contributed by atoms with Crippen LogP contribution < -0.4 is 4.74 Å². The van der Waals surface area contributed by atoms with Gasteiger partial charge in [-0.2, -0.15) is 5.26 Å². The number of nitriles is 1. The van der Waals surface area contributed by atoms with E-state index in [1.54, 1.807) is 6.07 Å². The van der Waals surface area contributed by atoms with Gasteiger partial charge in [0.25, 0.3) is 6.43 Å².